The van der Waals surface area contributed by atoms with Crippen molar-refractivity contribution in [3.05, 3.63) is 34.9 Å². The zero-order valence-corrected chi connectivity index (χ0v) is 11.6. The summed E-state index contributed by atoms with van der Waals surface area (Å²) < 4.78 is 5.03. The maximum Gasteiger partial charge on any atom is 0.0587 e. The summed E-state index contributed by atoms with van der Waals surface area (Å²) in [5.41, 5.74) is 1.22. The van der Waals surface area contributed by atoms with Crippen LogP contribution in [0.2, 0.25) is 5.02 Å². The van der Waals surface area contributed by atoms with Gasteiger partial charge in [0.05, 0.1) is 6.61 Å². The van der Waals surface area contributed by atoms with Crippen LogP contribution in [0.1, 0.15) is 19.4 Å². The lowest BCUT2D eigenvalue weighted by atomic mass is 9.95. The molecule has 0 fully saturated rings. The highest BCUT2D eigenvalue weighted by Crippen LogP contribution is 2.20. The van der Waals surface area contributed by atoms with Crippen LogP contribution in [0, 0.1) is 5.92 Å². The monoisotopic (exact) mass is 255 g/mol. The van der Waals surface area contributed by atoms with Crippen molar-refractivity contribution in [1.82, 2.24) is 5.32 Å². The Kier molecular flexibility index (Phi) is 6.56. The predicted octanol–water partition coefficient (Wildman–Crippen LogP) is 3.14. The fraction of sp³-hybridized carbons (Fsp3) is 0.571. The second-order valence-electron chi connectivity index (χ2n) is 4.51. The highest BCUT2D eigenvalue weighted by atomic mass is 35.5. The SMILES string of the molecule is COCCNC(C)C(C)Cc1ccccc1Cl. The lowest BCUT2D eigenvalue weighted by molar-refractivity contribution is 0.192. The average molecular weight is 256 g/mol. The summed E-state index contributed by atoms with van der Waals surface area (Å²) in [4.78, 5) is 0. The van der Waals surface area contributed by atoms with Crippen molar-refractivity contribution >= 4 is 11.6 Å². The molecule has 0 heterocycles. The molecule has 0 saturated carbocycles. The van der Waals surface area contributed by atoms with Crippen molar-refractivity contribution in [2.45, 2.75) is 26.3 Å². The minimum Gasteiger partial charge on any atom is -0.383 e. The van der Waals surface area contributed by atoms with Crippen LogP contribution in [-0.4, -0.2) is 26.3 Å². The average Bonchev–Trinajstić information content (AvgIpc) is 2.32. The molecule has 0 saturated heterocycles. The third-order valence-corrected chi connectivity index (χ3v) is 3.49. The third-order valence-electron chi connectivity index (χ3n) is 3.13. The summed E-state index contributed by atoms with van der Waals surface area (Å²) in [6.45, 7) is 6.10. The minimum absolute atomic E-state index is 0.460. The molecule has 2 unspecified atom stereocenters. The van der Waals surface area contributed by atoms with E-state index in [-0.39, 0.29) is 0 Å². The number of methoxy groups -OCH3 is 1. The maximum atomic E-state index is 6.16. The van der Waals surface area contributed by atoms with Crippen molar-refractivity contribution in [1.29, 1.82) is 0 Å². The normalized spacial score (nSPS) is 14.6. The Labute approximate surface area is 109 Å². The Morgan fingerprint density at radius 1 is 1.29 bits per heavy atom. The topological polar surface area (TPSA) is 21.3 Å². The van der Waals surface area contributed by atoms with Gasteiger partial charge in [0.25, 0.3) is 0 Å². The van der Waals surface area contributed by atoms with Crippen molar-refractivity contribution in [2.75, 3.05) is 20.3 Å². The fourth-order valence-electron chi connectivity index (χ4n) is 1.78. The fourth-order valence-corrected chi connectivity index (χ4v) is 1.99. The Hall–Kier alpha value is -0.570. The number of nitrogens with one attached hydrogen (secondary N) is 1. The summed E-state index contributed by atoms with van der Waals surface area (Å²) in [7, 11) is 1.72. The summed E-state index contributed by atoms with van der Waals surface area (Å²) in [6, 6.07) is 8.52. The van der Waals surface area contributed by atoms with Crippen molar-refractivity contribution < 1.29 is 4.74 Å². The van der Waals surface area contributed by atoms with Gasteiger partial charge < -0.3 is 10.1 Å². The number of halogens is 1. The van der Waals surface area contributed by atoms with Crippen LogP contribution >= 0.6 is 11.6 Å². The number of hydrogen-bond donors (Lipinski definition) is 1. The number of benzene rings is 1. The maximum absolute atomic E-state index is 6.16. The highest BCUT2D eigenvalue weighted by molar-refractivity contribution is 6.31. The molecule has 0 bridgehead atoms. The summed E-state index contributed by atoms with van der Waals surface area (Å²) >= 11 is 6.16. The van der Waals surface area contributed by atoms with E-state index in [1.807, 2.05) is 18.2 Å². The van der Waals surface area contributed by atoms with E-state index in [4.69, 9.17) is 16.3 Å². The molecular formula is C14H22ClNO. The van der Waals surface area contributed by atoms with Gasteiger partial charge in [0.2, 0.25) is 0 Å². The molecule has 0 aromatic heterocycles. The van der Waals surface area contributed by atoms with E-state index in [1.165, 1.54) is 5.56 Å². The van der Waals surface area contributed by atoms with Gasteiger partial charge in [0, 0.05) is 24.7 Å². The Bertz CT molecular complexity index is 330. The van der Waals surface area contributed by atoms with Gasteiger partial charge in [-0.25, -0.2) is 0 Å². The zero-order valence-electron chi connectivity index (χ0n) is 10.9. The zero-order chi connectivity index (χ0) is 12.7. The van der Waals surface area contributed by atoms with E-state index < -0.39 is 0 Å². The third kappa shape index (κ3) is 5.07. The van der Waals surface area contributed by atoms with Crippen LogP contribution in [-0.2, 0) is 11.2 Å². The molecule has 96 valence electrons. The molecule has 0 aliphatic heterocycles. The molecular weight excluding hydrogens is 234 g/mol. The van der Waals surface area contributed by atoms with Gasteiger partial charge in [-0.3, -0.25) is 0 Å². The van der Waals surface area contributed by atoms with E-state index in [0.29, 0.717) is 12.0 Å². The standard InChI is InChI=1S/C14H22ClNO/c1-11(12(2)16-8-9-17-3)10-13-6-4-5-7-14(13)15/h4-7,11-12,16H,8-10H2,1-3H3. The van der Waals surface area contributed by atoms with Crippen LogP contribution in [0.25, 0.3) is 0 Å². The molecule has 1 aromatic carbocycles. The molecule has 2 atom stereocenters. The van der Waals surface area contributed by atoms with Gasteiger partial charge in [-0.15, -0.1) is 0 Å². The van der Waals surface area contributed by atoms with Crippen LogP contribution in [0.3, 0.4) is 0 Å². The molecule has 17 heavy (non-hydrogen) atoms. The summed E-state index contributed by atoms with van der Waals surface area (Å²) in [5, 5.41) is 4.32. The molecule has 2 nitrogen and oxygen atoms in total. The van der Waals surface area contributed by atoms with Crippen LogP contribution < -0.4 is 5.32 Å². The first-order valence-corrected chi connectivity index (χ1v) is 6.48. The first kappa shape index (κ1) is 14.5. The Balaban J connectivity index is 2.43. The number of ether oxygens (including phenoxy) is 1. The van der Waals surface area contributed by atoms with Crippen LogP contribution in [0.5, 0.6) is 0 Å². The predicted molar refractivity (Wildman–Crippen MR) is 73.7 cm³/mol. The molecule has 0 aliphatic rings. The van der Waals surface area contributed by atoms with Gasteiger partial charge in [-0.1, -0.05) is 36.7 Å². The molecule has 0 amide bonds. The van der Waals surface area contributed by atoms with Gasteiger partial charge in [-0.05, 0) is 30.9 Å². The molecule has 3 heteroatoms. The van der Waals surface area contributed by atoms with Crippen LogP contribution in [0.4, 0.5) is 0 Å². The molecule has 0 spiro atoms. The lowest BCUT2D eigenvalue weighted by Crippen LogP contribution is -2.35. The lowest BCUT2D eigenvalue weighted by Gasteiger charge is -2.21. The van der Waals surface area contributed by atoms with Gasteiger partial charge in [0.1, 0.15) is 0 Å². The number of rotatable bonds is 7. The molecule has 1 aromatic rings. The smallest absolute Gasteiger partial charge is 0.0587 e. The van der Waals surface area contributed by atoms with Gasteiger partial charge in [0.15, 0.2) is 0 Å². The van der Waals surface area contributed by atoms with E-state index in [9.17, 15) is 0 Å². The van der Waals surface area contributed by atoms with E-state index >= 15 is 0 Å². The highest BCUT2D eigenvalue weighted by Gasteiger charge is 2.13. The van der Waals surface area contributed by atoms with Crippen LogP contribution in [0.15, 0.2) is 24.3 Å². The quantitative estimate of drug-likeness (QED) is 0.756. The van der Waals surface area contributed by atoms with Gasteiger partial charge in [-0.2, -0.15) is 0 Å². The molecule has 1 rings (SSSR count). The summed E-state index contributed by atoms with van der Waals surface area (Å²) in [6.07, 6.45) is 1.00. The number of hydrogen-bond acceptors (Lipinski definition) is 2. The van der Waals surface area contributed by atoms with E-state index in [2.05, 4.69) is 25.2 Å². The Morgan fingerprint density at radius 2 is 2.00 bits per heavy atom. The first-order chi connectivity index (χ1) is 8.15. The summed E-state index contributed by atoms with van der Waals surface area (Å²) in [5.74, 6) is 0.548. The second kappa shape index (κ2) is 7.70. The van der Waals surface area contributed by atoms with Crippen molar-refractivity contribution in [2.24, 2.45) is 5.92 Å². The molecule has 0 aliphatic carbocycles. The van der Waals surface area contributed by atoms with Crippen molar-refractivity contribution in [3.63, 3.8) is 0 Å². The minimum atomic E-state index is 0.460. The Morgan fingerprint density at radius 3 is 2.65 bits per heavy atom. The van der Waals surface area contributed by atoms with Crippen molar-refractivity contribution in [3.8, 4) is 0 Å². The second-order valence-corrected chi connectivity index (χ2v) is 4.92. The van der Waals surface area contributed by atoms with E-state index in [1.54, 1.807) is 7.11 Å². The molecule has 1 N–H and O–H groups in total. The van der Waals surface area contributed by atoms with Gasteiger partial charge >= 0.3 is 0 Å². The van der Waals surface area contributed by atoms with E-state index in [0.717, 1.165) is 24.6 Å². The molecule has 0 radical (unpaired) electrons. The largest absolute Gasteiger partial charge is 0.383 e. The first-order valence-electron chi connectivity index (χ1n) is 6.11.